The summed E-state index contributed by atoms with van der Waals surface area (Å²) in [7, 11) is 2.18. The Morgan fingerprint density at radius 1 is 0.881 bits per heavy atom. The second kappa shape index (κ2) is 20.3. The maximum Gasteiger partial charge on any atom is 0.261 e. The van der Waals surface area contributed by atoms with E-state index >= 15 is 0 Å². The summed E-state index contributed by atoms with van der Waals surface area (Å²) in [6, 6.07) is 38.7. The first-order chi connectivity index (χ1) is 32.0. The van der Waals surface area contributed by atoms with Crippen LogP contribution in [0.5, 0.6) is 0 Å². The molecule has 1 atom stereocenters. The molecule has 1 saturated heterocycles. The zero-order valence-electron chi connectivity index (χ0n) is 38.8. The number of amides is 1. The van der Waals surface area contributed by atoms with E-state index in [9.17, 15) is 18.3 Å². The van der Waals surface area contributed by atoms with Crippen molar-refractivity contribution in [2.75, 3.05) is 78.1 Å². The van der Waals surface area contributed by atoms with Gasteiger partial charge in [0.25, 0.3) is 15.9 Å². The molecule has 1 aromatic heterocycles. The van der Waals surface area contributed by atoms with Gasteiger partial charge in [0.1, 0.15) is 0 Å². The van der Waals surface area contributed by atoms with Crippen molar-refractivity contribution >= 4 is 67.7 Å². The van der Waals surface area contributed by atoms with Crippen LogP contribution in [-0.2, 0) is 17.1 Å². The van der Waals surface area contributed by atoms with Gasteiger partial charge in [-0.1, -0.05) is 54.1 Å². The number of halogens is 1. The number of hydrogen-bond acceptors (Lipinski definition) is 10. The molecule has 0 spiro atoms. The molecule has 1 aliphatic carbocycles. The molecular formula is C52H61ClN8O4S2. The van der Waals surface area contributed by atoms with Gasteiger partial charge < -0.3 is 40.7 Å². The molecule has 6 aromatic rings. The van der Waals surface area contributed by atoms with Crippen LogP contribution in [0.3, 0.4) is 0 Å². The van der Waals surface area contributed by atoms with Gasteiger partial charge in [0.2, 0.25) is 0 Å². The van der Waals surface area contributed by atoms with Gasteiger partial charge in [-0.3, -0.25) is 9.52 Å². The summed E-state index contributed by atoms with van der Waals surface area (Å²) >= 11 is 8.09. The van der Waals surface area contributed by atoms with Crippen LogP contribution >= 0.6 is 23.4 Å². The fraction of sp³-hybridized carbons (Fsp3) is 0.327. The molecule has 67 heavy (non-hydrogen) atoms. The average molecular weight is 962 g/mol. The fourth-order valence-corrected chi connectivity index (χ4v) is 11.3. The lowest BCUT2D eigenvalue weighted by molar-refractivity contribution is -0.0366. The highest BCUT2D eigenvalue weighted by Gasteiger charge is 2.40. The van der Waals surface area contributed by atoms with E-state index in [4.69, 9.17) is 17.3 Å². The van der Waals surface area contributed by atoms with Gasteiger partial charge in [-0.2, -0.15) is 0 Å². The van der Waals surface area contributed by atoms with Crippen molar-refractivity contribution < 1.29 is 18.3 Å². The fourth-order valence-electron chi connectivity index (χ4n) is 9.09. The second-order valence-corrected chi connectivity index (χ2v) is 21.5. The standard InChI is InChI=1S/C52H61ClN8O4S2/c1-35-48(51(62)56-41-32-52(2,63)33-41)49(50(59(35)5)36-14-16-38(53)17-15-36)37-10-9-11-43(30-37)61-28-26-60(27-29-61)42-20-18-39(19-21-42)57-67(64,65)45-22-23-47(46(54)31-45)55-40(24-25-58(3)4)34-66-44-12-7-6-8-13-44/h6-23,30-31,40-41,55,57,63H,24-29,32-34,54H2,1-5H3,(H,56,62)/t40-,41?,52?/m1/s1. The van der Waals surface area contributed by atoms with Crippen molar-refractivity contribution in [3.63, 3.8) is 0 Å². The number of benzene rings is 5. The van der Waals surface area contributed by atoms with Gasteiger partial charge in [0.15, 0.2) is 0 Å². The highest BCUT2D eigenvalue weighted by Crippen LogP contribution is 2.41. The van der Waals surface area contributed by atoms with E-state index in [1.54, 1.807) is 43.0 Å². The number of anilines is 5. The number of nitrogens with two attached hydrogens (primary N) is 1. The Morgan fingerprint density at radius 3 is 2.19 bits per heavy atom. The van der Waals surface area contributed by atoms with Crippen molar-refractivity contribution in [1.29, 1.82) is 0 Å². The molecular weight excluding hydrogens is 900 g/mol. The first-order valence-electron chi connectivity index (χ1n) is 22.7. The van der Waals surface area contributed by atoms with E-state index in [-0.39, 0.29) is 22.9 Å². The SMILES string of the molecule is Cc1c(C(=O)NC2CC(C)(O)C2)c(-c2cccc(N3CCN(c4ccc(NS(=O)(=O)c5ccc(N[C@H](CCN(C)C)CSc6ccccc6)c(N)c5)cc4)CC3)c2)c(-c2ccc(Cl)cc2)n1C. The number of nitrogen functional groups attached to an aromatic ring is 1. The van der Waals surface area contributed by atoms with E-state index in [1.807, 2.05) is 74.6 Å². The van der Waals surface area contributed by atoms with E-state index in [1.165, 1.54) is 11.0 Å². The number of aliphatic hydroxyl groups is 1. The van der Waals surface area contributed by atoms with Gasteiger partial charge in [-0.05, 0) is 144 Å². The van der Waals surface area contributed by atoms with Crippen LogP contribution in [0.25, 0.3) is 22.4 Å². The highest BCUT2D eigenvalue weighted by molar-refractivity contribution is 7.99. The number of rotatable bonds is 17. The zero-order valence-corrected chi connectivity index (χ0v) is 41.2. The largest absolute Gasteiger partial charge is 0.397 e. The second-order valence-electron chi connectivity index (χ2n) is 18.3. The quantitative estimate of drug-likeness (QED) is 0.0443. The van der Waals surface area contributed by atoms with Gasteiger partial charge in [-0.25, -0.2) is 8.42 Å². The summed E-state index contributed by atoms with van der Waals surface area (Å²) in [5.74, 6) is 0.680. The third kappa shape index (κ3) is 11.4. The summed E-state index contributed by atoms with van der Waals surface area (Å²) in [6.07, 6.45) is 1.94. The van der Waals surface area contributed by atoms with Crippen molar-refractivity contribution in [1.82, 2.24) is 14.8 Å². The molecule has 352 valence electrons. The molecule has 5 aromatic carbocycles. The Morgan fingerprint density at radius 2 is 1.55 bits per heavy atom. The smallest absolute Gasteiger partial charge is 0.261 e. The van der Waals surface area contributed by atoms with Crippen LogP contribution in [-0.4, -0.2) is 99.2 Å². The molecule has 0 unspecified atom stereocenters. The number of carbonyl (C=O) groups is 1. The van der Waals surface area contributed by atoms with E-state index in [0.717, 1.165) is 84.4 Å². The number of sulfonamides is 1. The lowest BCUT2D eigenvalue weighted by atomic mass is 9.77. The monoisotopic (exact) mass is 960 g/mol. The normalized spacial score (nSPS) is 17.8. The molecule has 6 N–H and O–H groups in total. The Hall–Kier alpha value is -5.64. The Kier molecular flexibility index (Phi) is 14.5. The summed E-state index contributed by atoms with van der Waals surface area (Å²) in [4.78, 5) is 22.2. The summed E-state index contributed by atoms with van der Waals surface area (Å²) in [6.45, 7) is 7.72. The van der Waals surface area contributed by atoms with Crippen molar-refractivity contribution in [2.24, 2.45) is 7.05 Å². The maximum absolute atomic E-state index is 14.1. The molecule has 15 heteroatoms. The third-order valence-electron chi connectivity index (χ3n) is 12.8. The molecule has 1 amide bonds. The third-order valence-corrected chi connectivity index (χ3v) is 15.6. The average Bonchev–Trinajstić information content (AvgIpc) is 3.57. The Bertz CT molecular complexity index is 2790. The van der Waals surface area contributed by atoms with Crippen molar-refractivity contribution in [3.8, 4) is 22.4 Å². The van der Waals surface area contributed by atoms with Crippen LogP contribution in [0.15, 0.2) is 131 Å². The van der Waals surface area contributed by atoms with Gasteiger partial charge in [-0.15, -0.1) is 11.8 Å². The minimum absolute atomic E-state index is 0.0877. The molecule has 12 nitrogen and oxygen atoms in total. The van der Waals surface area contributed by atoms with E-state index < -0.39 is 15.6 Å². The summed E-state index contributed by atoms with van der Waals surface area (Å²) in [5, 5.41) is 17.8. The first-order valence-corrected chi connectivity index (χ1v) is 25.6. The number of aromatic nitrogens is 1. The first kappa shape index (κ1) is 47.8. The van der Waals surface area contributed by atoms with Crippen LogP contribution in [0.4, 0.5) is 28.4 Å². The molecule has 2 fully saturated rings. The zero-order chi connectivity index (χ0) is 47.5. The topological polar surface area (TPSA) is 148 Å². The molecule has 1 saturated carbocycles. The molecule has 0 bridgehead atoms. The van der Waals surface area contributed by atoms with Gasteiger partial charge in [0, 0.05) is 89.3 Å². The molecule has 8 rings (SSSR count). The lowest BCUT2D eigenvalue weighted by Gasteiger charge is -2.41. The number of carbonyl (C=O) groups excluding carboxylic acids is 1. The molecule has 2 heterocycles. The van der Waals surface area contributed by atoms with Gasteiger partial charge >= 0.3 is 0 Å². The number of nitrogens with zero attached hydrogens (tertiary/aromatic N) is 4. The Balaban J connectivity index is 0.919. The number of thioether (sulfide) groups is 1. The van der Waals surface area contributed by atoms with Crippen LogP contribution in [0.1, 0.15) is 42.2 Å². The predicted molar refractivity (Wildman–Crippen MR) is 277 cm³/mol. The van der Waals surface area contributed by atoms with E-state index in [2.05, 4.69) is 79.0 Å². The Labute approximate surface area is 404 Å². The number of hydrogen-bond donors (Lipinski definition) is 5. The van der Waals surface area contributed by atoms with Crippen LogP contribution in [0, 0.1) is 6.92 Å². The minimum Gasteiger partial charge on any atom is -0.397 e. The van der Waals surface area contributed by atoms with Crippen molar-refractivity contribution in [2.45, 2.75) is 60.6 Å². The van der Waals surface area contributed by atoms with Crippen LogP contribution in [0.2, 0.25) is 5.02 Å². The summed E-state index contributed by atoms with van der Waals surface area (Å²) < 4.78 is 32.0. The van der Waals surface area contributed by atoms with Crippen molar-refractivity contribution in [3.05, 3.63) is 138 Å². The maximum atomic E-state index is 14.1. The number of nitrogens with one attached hydrogen (secondary N) is 3. The van der Waals surface area contributed by atoms with Gasteiger partial charge in [0.05, 0.1) is 33.1 Å². The minimum atomic E-state index is -3.91. The summed E-state index contributed by atoms with van der Waals surface area (Å²) in [5.41, 5.74) is 14.5. The molecule has 2 aliphatic rings. The predicted octanol–water partition coefficient (Wildman–Crippen LogP) is 9.20. The van der Waals surface area contributed by atoms with Crippen LogP contribution < -0.4 is 30.9 Å². The lowest BCUT2D eigenvalue weighted by Crippen LogP contribution is -2.53. The van der Waals surface area contributed by atoms with E-state index in [0.29, 0.717) is 40.5 Å². The molecule has 0 radical (unpaired) electrons. The highest BCUT2D eigenvalue weighted by atomic mass is 35.5. The number of piperazine rings is 1. The molecule has 1 aliphatic heterocycles.